The van der Waals surface area contributed by atoms with Gasteiger partial charge in [0.25, 0.3) is 0 Å². The Balaban J connectivity index is 2.41. The Hall–Kier alpha value is -1.91. The fraction of sp³-hybridized carbons (Fsp3) is 0.533. The molecule has 0 saturated heterocycles. The van der Waals surface area contributed by atoms with E-state index >= 15 is 0 Å². The van der Waals surface area contributed by atoms with Gasteiger partial charge in [0.1, 0.15) is 5.82 Å². The molecule has 2 heterocycles. The maximum absolute atomic E-state index is 4.59. The Labute approximate surface area is 120 Å². The first-order valence-corrected chi connectivity index (χ1v) is 7.03. The monoisotopic (exact) mass is 273 g/mol. The van der Waals surface area contributed by atoms with E-state index in [4.69, 9.17) is 0 Å². The van der Waals surface area contributed by atoms with Crippen LogP contribution in [0.25, 0.3) is 11.4 Å². The van der Waals surface area contributed by atoms with E-state index in [1.54, 1.807) is 6.20 Å². The molecule has 0 aliphatic carbocycles. The van der Waals surface area contributed by atoms with Crippen molar-refractivity contribution >= 4 is 5.82 Å². The molecule has 0 unspecified atom stereocenters. The summed E-state index contributed by atoms with van der Waals surface area (Å²) in [5.74, 6) is 1.59. The Bertz CT molecular complexity index is 580. The van der Waals surface area contributed by atoms with E-state index in [-0.39, 0.29) is 5.41 Å². The molecule has 20 heavy (non-hydrogen) atoms. The third kappa shape index (κ3) is 3.15. The summed E-state index contributed by atoms with van der Waals surface area (Å²) in [7, 11) is 1.93. The van der Waals surface area contributed by atoms with Gasteiger partial charge in [0.15, 0.2) is 5.82 Å². The van der Waals surface area contributed by atoms with E-state index in [1.807, 2.05) is 24.0 Å². The molecule has 0 aliphatic heterocycles. The van der Waals surface area contributed by atoms with Crippen LogP contribution < -0.4 is 5.32 Å². The molecular weight excluding hydrogens is 250 g/mol. The number of nitrogens with zero attached hydrogens (tertiary/aromatic N) is 4. The Morgan fingerprint density at radius 3 is 2.70 bits per heavy atom. The Morgan fingerprint density at radius 2 is 2.05 bits per heavy atom. The van der Waals surface area contributed by atoms with Gasteiger partial charge in [0.2, 0.25) is 0 Å². The second kappa shape index (κ2) is 5.61. The molecule has 1 N–H and O–H groups in total. The van der Waals surface area contributed by atoms with Crippen LogP contribution in [0.1, 0.15) is 39.8 Å². The average Bonchev–Trinajstić information content (AvgIpc) is 2.79. The number of hydrogen-bond donors (Lipinski definition) is 1. The first-order valence-electron chi connectivity index (χ1n) is 7.03. The molecule has 5 nitrogen and oxygen atoms in total. The summed E-state index contributed by atoms with van der Waals surface area (Å²) in [6, 6.07) is 1.90. The van der Waals surface area contributed by atoms with Gasteiger partial charge in [-0.1, -0.05) is 27.7 Å². The molecule has 2 aromatic rings. The van der Waals surface area contributed by atoms with Crippen LogP contribution in [0.4, 0.5) is 5.82 Å². The first-order chi connectivity index (χ1) is 9.41. The predicted molar refractivity (Wildman–Crippen MR) is 81.7 cm³/mol. The highest BCUT2D eigenvalue weighted by Crippen LogP contribution is 2.30. The van der Waals surface area contributed by atoms with E-state index in [9.17, 15) is 0 Å². The van der Waals surface area contributed by atoms with Crippen LogP contribution >= 0.6 is 0 Å². The molecule has 5 heteroatoms. The van der Waals surface area contributed by atoms with Crippen molar-refractivity contribution in [2.75, 3.05) is 11.9 Å². The third-order valence-electron chi connectivity index (χ3n) is 2.99. The molecule has 0 spiro atoms. The Kier molecular flexibility index (Phi) is 4.06. The molecule has 0 atom stereocenters. The quantitative estimate of drug-likeness (QED) is 0.930. The summed E-state index contributed by atoms with van der Waals surface area (Å²) >= 11 is 0. The smallest absolute Gasteiger partial charge is 0.164 e. The van der Waals surface area contributed by atoms with Crippen LogP contribution in [0.3, 0.4) is 0 Å². The highest BCUT2D eigenvalue weighted by molar-refractivity contribution is 5.60. The fourth-order valence-electron chi connectivity index (χ4n) is 2.05. The maximum atomic E-state index is 4.59. The lowest BCUT2D eigenvalue weighted by Crippen LogP contribution is -2.14. The average molecular weight is 273 g/mol. The molecule has 0 radical (unpaired) electrons. The van der Waals surface area contributed by atoms with Gasteiger partial charge < -0.3 is 5.32 Å². The standard InChI is InChI=1S/C15H23N5/c1-6-8-16-12-7-9-17-14(18-12)11-10-20(5)19-13(11)15(2,3)4/h7,9-10H,6,8H2,1-5H3,(H,16,17,18). The summed E-state index contributed by atoms with van der Waals surface area (Å²) in [4.78, 5) is 8.99. The fourth-order valence-corrected chi connectivity index (χ4v) is 2.05. The van der Waals surface area contributed by atoms with Gasteiger partial charge in [-0.3, -0.25) is 4.68 Å². The van der Waals surface area contributed by atoms with Gasteiger partial charge >= 0.3 is 0 Å². The summed E-state index contributed by atoms with van der Waals surface area (Å²) in [5, 5.41) is 7.86. The lowest BCUT2D eigenvalue weighted by molar-refractivity contribution is 0.554. The maximum Gasteiger partial charge on any atom is 0.164 e. The van der Waals surface area contributed by atoms with Crippen LogP contribution in [0.15, 0.2) is 18.5 Å². The molecule has 0 fully saturated rings. The van der Waals surface area contributed by atoms with Crippen LogP contribution in [0.5, 0.6) is 0 Å². The van der Waals surface area contributed by atoms with Crippen molar-refractivity contribution in [3.05, 3.63) is 24.2 Å². The van der Waals surface area contributed by atoms with Gasteiger partial charge in [-0.2, -0.15) is 5.10 Å². The van der Waals surface area contributed by atoms with Crippen LogP contribution in [0.2, 0.25) is 0 Å². The molecule has 2 aromatic heterocycles. The minimum Gasteiger partial charge on any atom is -0.370 e. The van der Waals surface area contributed by atoms with Crippen molar-refractivity contribution in [1.82, 2.24) is 19.7 Å². The van der Waals surface area contributed by atoms with Gasteiger partial charge in [-0.15, -0.1) is 0 Å². The number of anilines is 1. The zero-order valence-electron chi connectivity index (χ0n) is 12.9. The van der Waals surface area contributed by atoms with Crippen molar-refractivity contribution in [1.29, 1.82) is 0 Å². The second-order valence-corrected chi connectivity index (χ2v) is 6.01. The van der Waals surface area contributed by atoms with Crippen LogP contribution in [0, 0.1) is 0 Å². The molecular formula is C15H23N5. The SMILES string of the molecule is CCCNc1ccnc(-c2cn(C)nc2C(C)(C)C)n1. The van der Waals surface area contributed by atoms with Crippen molar-refractivity contribution in [3.8, 4) is 11.4 Å². The van der Waals surface area contributed by atoms with E-state index in [0.29, 0.717) is 0 Å². The van der Waals surface area contributed by atoms with Crippen molar-refractivity contribution in [3.63, 3.8) is 0 Å². The normalized spacial score (nSPS) is 11.7. The van der Waals surface area contributed by atoms with E-state index in [2.05, 4.69) is 48.1 Å². The molecule has 0 aliphatic rings. The van der Waals surface area contributed by atoms with E-state index in [1.165, 1.54) is 0 Å². The highest BCUT2D eigenvalue weighted by Gasteiger charge is 2.24. The summed E-state index contributed by atoms with van der Waals surface area (Å²) in [5.41, 5.74) is 1.99. The number of aryl methyl sites for hydroxylation is 1. The third-order valence-corrected chi connectivity index (χ3v) is 2.99. The zero-order chi connectivity index (χ0) is 14.8. The van der Waals surface area contributed by atoms with Gasteiger partial charge in [0, 0.05) is 31.4 Å². The number of hydrogen-bond acceptors (Lipinski definition) is 4. The van der Waals surface area contributed by atoms with Crippen molar-refractivity contribution in [2.24, 2.45) is 7.05 Å². The molecule has 0 amide bonds. The summed E-state index contributed by atoms with van der Waals surface area (Å²) < 4.78 is 1.82. The molecule has 0 aromatic carbocycles. The number of aromatic nitrogens is 4. The van der Waals surface area contributed by atoms with Crippen LogP contribution in [-0.2, 0) is 12.5 Å². The summed E-state index contributed by atoms with van der Waals surface area (Å²) in [6.45, 7) is 9.50. The first kappa shape index (κ1) is 14.5. The minimum atomic E-state index is -0.0349. The largest absolute Gasteiger partial charge is 0.370 e. The number of rotatable bonds is 4. The lowest BCUT2D eigenvalue weighted by Gasteiger charge is -2.17. The molecule has 0 bridgehead atoms. The minimum absolute atomic E-state index is 0.0349. The topological polar surface area (TPSA) is 55.6 Å². The number of nitrogens with one attached hydrogen (secondary N) is 1. The second-order valence-electron chi connectivity index (χ2n) is 6.01. The van der Waals surface area contributed by atoms with Crippen molar-refractivity contribution < 1.29 is 0 Å². The molecule has 0 saturated carbocycles. The molecule has 2 rings (SSSR count). The predicted octanol–water partition coefficient (Wildman–Crippen LogP) is 3.00. The molecule has 108 valence electrons. The summed E-state index contributed by atoms with van der Waals surface area (Å²) in [6.07, 6.45) is 4.85. The Morgan fingerprint density at radius 1 is 1.30 bits per heavy atom. The van der Waals surface area contributed by atoms with Crippen molar-refractivity contribution in [2.45, 2.75) is 39.5 Å². The van der Waals surface area contributed by atoms with Gasteiger partial charge in [0.05, 0.1) is 11.3 Å². The van der Waals surface area contributed by atoms with E-state index in [0.717, 1.165) is 35.9 Å². The highest BCUT2D eigenvalue weighted by atomic mass is 15.3. The van der Waals surface area contributed by atoms with Gasteiger partial charge in [-0.05, 0) is 12.5 Å². The van der Waals surface area contributed by atoms with Gasteiger partial charge in [-0.25, -0.2) is 9.97 Å². The zero-order valence-corrected chi connectivity index (χ0v) is 12.9. The van der Waals surface area contributed by atoms with Crippen LogP contribution in [-0.4, -0.2) is 26.3 Å². The van der Waals surface area contributed by atoms with E-state index < -0.39 is 0 Å². The lowest BCUT2D eigenvalue weighted by atomic mass is 9.89.